The third-order valence-corrected chi connectivity index (χ3v) is 4.63. The van der Waals surface area contributed by atoms with Crippen LogP contribution in [0.4, 0.5) is 10.5 Å². The van der Waals surface area contributed by atoms with Crippen LogP contribution in [0.5, 0.6) is 0 Å². The van der Waals surface area contributed by atoms with E-state index in [4.69, 9.17) is 11.6 Å². The number of urea groups is 1. The van der Waals surface area contributed by atoms with Gasteiger partial charge in [-0.25, -0.2) is 4.79 Å². The molecule has 116 valence electrons. The Morgan fingerprint density at radius 2 is 1.81 bits per heavy atom. The first-order chi connectivity index (χ1) is 9.47. The normalized spacial score (nSPS) is 11.9. The lowest BCUT2D eigenvalue weighted by atomic mass is 9.74. The van der Waals surface area contributed by atoms with Gasteiger partial charge in [0.1, 0.15) is 0 Å². The van der Waals surface area contributed by atoms with Crippen molar-refractivity contribution in [3.05, 3.63) is 27.7 Å². The minimum Gasteiger partial charge on any atom is -0.481 e. The van der Waals surface area contributed by atoms with Gasteiger partial charge in [-0.2, -0.15) is 0 Å². The molecule has 1 aromatic rings. The third-order valence-electron chi connectivity index (χ3n) is 3.70. The summed E-state index contributed by atoms with van der Waals surface area (Å²) in [7, 11) is 0. The van der Waals surface area contributed by atoms with Crippen LogP contribution in [0.1, 0.15) is 27.7 Å². The van der Waals surface area contributed by atoms with E-state index in [2.05, 4.69) is 26.6 Å². The highest BCUT2D eigenvalue weighted by atomic mass is 79.9. The number of halogens is 2. The van der Waals surface area contributed by atoms with Gasteiger partial charge in [-0.05, 0) is 61.8 Å². The van der Waals surface area contributed by atoms with Gasteiger partial charge in [-0.3, -0.25) is 4.79 Å². The van der Waals surface area contributed by atoms with Gasteiger partial charge in [0.05, 0.1) is 16.6 Å². The van der Waals surface area contributed by atoms with Gasteiger partial charge in [-0.1, -0.05) is 11.6 Å². The third kappa shape index (κ3) is 4.11. The summed E-state index contributed by atoms with van der Waals surface area (Å²) in [6.07, 6.45) is 0. The zero-order valence-electron chi connectivity index (χ0n) is 12.3. The van der Waals surface area contributed by atoms with Gasteiger partial charge in [0, 0.05) is 9.50 Å². The molecule has 0 saturated heterocycles. The highest BCUT2D eigenvalue weighted by molar-refractivity contribution is 9.10. The van der Waals surface area contributed by atoms with Crippen LogP contribution in [0.3, 0.4) is 0 Å². The molecule has 0 heterocycles. The van der Waals surface area contributed by atoms with Gasteiger partial charge >= 0.3 is 12.0 Å². The molecule has 0 radical (unpaired) electrons. The van der Waals surface area contributed by atoms with Crippen molar-refractivity contribution in [3.63, 3.8) is 0 Å². The standard InChI is InChI=1S/C14H18BrClN2O3/c1-13(2,11(19)20)14(3,4)18-12(21)17-10-7-8(16)5-6-9(10)15/h5-7H,1-4H3,(H,19,20)(H2,17,18,21). The molecule has 0 aromatic heterocycles. The molecule has 0 bridgehead atoms. The summed E-state index contributed by atoms with van der Waals surface area (Å²) in [5.74, 6) is -0.989. The average molecular weight is 378 g/mol. The van der Waals surface area contributed by atoms with E-state index >= 15 is 0 Å². The Morgan fingerprint density at radius 3 is 2.33 bits per heavy atom. The molecule has 7 heteroatoms. The Labute approximate surface area is 137 Å². The number of anilines is 1. The lowest BCUT2D eigenvalue weighted by Crippen LogP contribution is -2.57. The van der Waals surface area contributed by atoms with E-state index in [1.165, 1.54) is 0 Å². The molecular formula is C14H18BrClN2O3. The number of rotatable bonds is 4. The Morgan fingerprint density at radius 1 is 1.24 bits per heavy atom. The smallest absolute Gasteiger partial charge is 0.319 e. The maximum Gasteiger partial charge on any atom is 0.319 e. The van der Waals surface area contributed by atoms with E-state index in [0.717, 1.165) is 0 Å². The number of amides is 2. The van der Waals surface area contributed by atoms with Crippen molar-refractivity contribution in [1.82, 2.24) is 5.32 Å². The summed E-state index contributed by atoms with van der Waals surface area (Å²) in [6.45, 7) is 6.44. The van der Waals surface area contributed by atoms with Crippen molar-refractivity contribution in [3.8, 4) is 0 Å². The van der Waals surface area contributed by atoms with Crippen molar-refractivity contribution in [2.75, 3.05) is 5.32 Å². The summed E-state index contributed by atoms with van der Waals surface area (Å²) in [6, 6.07) is 4.49. The van der Waals surface area contributed by atoms with E-state index in [0.29, 0.717) is 15.2 Å². The second-order valence-electron chi connectivity index (χ2n) is 5.76. The molecule has 0 aliphatic rings. The largest absolute Gasteiger partial charge is 0.481 e. The van der Waals surface area contributed by atoms with E-state index in [1.54, 1.807) is 45.9 Å². The number of carbonyl (C=O) groups is 2. The Kier molecular flexibility index (Phi) is 5.28. The molecule has 0 fully saturated rings. The van der Waals surface area contributed by atoms with Gasteiger partial charge < -0.3 is 15.7 Å². The van der Waals surface area contributed by atoms with Gasteiger partial charge in [-0.15, -0.1) is 0 Å². The van der Waals surface area contributed by atoms with Crippen molar-refractivity contribution >= 4 is 45.2 Å². The number of benzene rings is 1. The first-order valence-electron chi connectivity index (χ1n) is 6.25. The van der Waals surface area contributed by atoms with Gasteiger partial charge in [0.15, 0.2) is 0 Å². The molecule has 0 aliphatic heterocycles. The van der Waals surface area contributed by atoms with E-state index in [-0.39, 0.29) is 0 Å². The summed E-state index contributed by atoms with van der Waals surface area (Å²) >= 11 is 9.18. The zero-order valence-corrected chi connectivity index (χ0v) is 14.6. The predicted molar refractivity (Wildman–Crippen MR) is 86.8 cm³/mol. The second-order valence-corrected chi connectivity index (χ2v) is 7.05. The quantitative estimate of drug-likeness (QED) is 0.738. The molecule has 0 saturated carbocycles. The van der Waals surface area contributed by atoms with Crippen LogP contribution in [0, 0.1) is 5.41 Å². The van der Waals surface area contributed by atoms with Crippen molar-refractivity contribution in [1.29, 1.82) is 0 Å². The first-order valence-corrected chi connectivity index (χ1v) is 7.42. The summed E-state index contributed by atoms with van der Waals surface area (Å²) in [5, 5.41) is 15.1. The minimum atomic E-state index is -1.13. The van der Waals surface area contributed by atoms with E-state index in [9.17, 15) is 14.7 Å². The van der Waals surface area contributed by atoms with Crippen LogP contribution in [0.15, 0.2) is 22.7 Å². The van der Waals surface area contributed by atoms with Gasteiger partial charge in [0.2, 0.25) is 0 Å². The molecular weight excluding hydrogens is 360 g/mol. The highest BCUT2D eigenvalue weighted by Gasteiger charge is 2.44. The molecule has 5 nitrogen and oxygen atoms in total. The van der Waals surface area contributed by atoms with Crippen molar-refractivity contribution < 1.29 is 14.7 Å². The monoisotopic (exact) mass is 376 g/mol. The lowest BCUT2D eigenvalue weighted by Gasteiger charge is -2.38. The molecule has 1 rings (SSSR count). The van der Waals surface area contributed by atoms with Crippen LogP contribution in [0.2, 0.25) is 5.02 Å². The second kappa shape index (κ2) is 6.23. The van der Waals surface area contributed by atoms with Crippen LogP contribution in [0.25, 0.3) is 0 Å². The first kappa shape index (κ1) is 17.8. The fourth-order valence-corrected chi connectivity index (χ4v) is 1.97. The highest BCUT2D eigenvalue weighted by Crippen LogP contribution is 2.31. The van der Waals surface area contributed by atoms with E-state index in [1.807, 2.05) is 0 Å². The van der Waals surface area contributed by atoms with Crippen molar-refractivity contribution in [2.24, 2.45) is 5.41 Å². The van der Waals surface area contributed by atoms with Crippen LogP contribution < -0.4 is 10.6 Å². The number of nitrogens with one attached hydrogen (secondary N) is 2. The lowest BCUT2D eigenvalue weighted by molar-refractivity contribution is -0.150. The van der Waals surface area contributed by atoms with Crippen LogP contribution >= 0.6 is 27.5 Å². The summed E-state index contributed by atoms with van der Waals surface area (Å²) in [4.78, 5) is 23.4. The van der Waals surface area contributed by atoms with E-state index < -0.39 is 23.0 Å². The topological polar surface area (TPSA) is 78.4 Å². The Balaban J connectivity index is 2.87. The van der Waals surface area contributed by atoms with Crippen LogP contribution in [-0.2, 0) is 4.79 Å². The number of carbonyl (C=O) groups excluding carboxylic acids is 1. The molecule has 0 spiro atoms. The number of carboxylic acid groups (broad SMARTS) is 1. The minimum absolute atomic E-state index is 0.485. The number of carboxylic acids is 1. The number of aliphatic carboxylic acids is 1. The molecule has 0 atom stereocenters. The summed E-state index contributed by atoms with van der Waals surface area (Å²) in [5.41, 5.74) is -1.58. The van der Waals surface area contributed by atoms with Crippen molar-refractivity contribution in [2.45, 2.75) is 33.2 Å². The van der Waals surface area contributed by atoms with Crippen LogP contribution in [-0.4, -0.2) is 22.6 Å². The zero-order chi connectivity index (χ0) is 16.4. The SMILES string of the molecule is CC(C)(NC(=O)Nc1cc(Cl)ccc1Br)C(C)(C)C(=O)O. The average Bonchev–Trinajstić information content (AvgIpc) is 2.32. The number of hydrogen-bond donors (Lipinski definition) is 3. The van der Waals surface area contributed by atoms with Gasteiger partial charge in [0.25, 0.3) is 0 Å². The molecule has 3 N–H and O–H groups in total. The fraction of sp³-hybridized carbons (Fsp3) is 0.429. The molecule has 21 heavy (non-hydrogen) atoms. The summed E-state index contributed by atoms with van der Waals surface area (Å²) < 4.78 is 0.678. The molecule has 2 amide bonds. The predicted octanol–water partition coefficient (Wildman–Crippen LogP) is 4.11. The molecule has 0 aliphatic carbocycles. The maximum absolute atomic E-state index is 12.1. The Bertz CT molecular complexity index is 573. The Hall–Kier alpha value is -1.27. The fourth-order valence-electron chi connectivity index (χ4n) is 1.45. The molecule has 1 aromatic carbocycles. The number of hydrogen-bond acceptors (Lipinski definition) is 2. The molecule has 0 unspecified atom stereocenters. The maximum atomic E-state index is 12.1.